The fourth-order valence-electron chi connectivity index (χ4n) is 3.87. The zero-order valence-corrected chi connectivity index (χ0v) is 16.0. The highest BCUT2D eigenvalue weighted by Crippen LogP contribution is 2.31. The van der Waals surface area contributed by atoms with Crippen LogP contribution < -0.4 is 10.6 Å². The molecule has 3 aromatic heterocycles. The summed E-state index contributed by atoms with van der Waals surface area (Å²) in [4.78, 5) is 29.9. The summed E-state index contributed by atoms with van der Waals surface area (Å²) >= 11 is 6.13. The Hall–Kier alpha value is -2.71. The summed E-state index contributed by atoms with van der Waals surface area (Å²) in [5.74, 6) is 1.07. The number of rotatable bonds is 4. The molecule has 1 amide bonds. The van der Waals surface area contributed by atoms with Crippen LogP contribution in [0.5, 0.6) is 0 Å². The summed E-state index contributed by atoms with van der Waals surface area (Å²) in [6, 6.07) is 5.74. The lowest BCUT2D eigenvalue weighted by atomic mass is 10.1. The van der Waals surface area contributed by atoms with E-state index in [1.54, 1.807) is 24.7 Å². The Morgan fingerprint density at radius 3 is 2.82 bits per heavy atom. The molecule has 8 nitrogen and oxygen atoms in total. The van der Waals surface area contributed by atoms with Gasteiger partial charge in [0.2, 0.25) is 5.91 Å². The molecule has 0 aromatic carbocycles. The zero-order valence-electron chi connectivity index (χ0n) is 15.2. The third kappa shape index (κ3) is 3.08. The molecule has 9 heteroatoms. The highest BCUT2D eigenvalue weighted by atomic mass is 35.5. The Morgan fingerprint density at radius 2 is 2.04 bits per heavy atom. The number of halogens is 1. The molecule has 1 saturated heterocycles. The number of fused-ring (bicyclic) bond motifs is 1. The van der Waals surface area contributed by atoms with Crippen LogP contribution in [-0.4, -0.2) is 61.9 Å². The number of amides is 1. The van der Waals surface area contributed by atoms with Crippen LogP contribution in [-0.2, 0) is 4.79 Å². The van der Waals surface area contributed by atoms with Crippen molar-refractivity contribution in [3.63, 3.8) is 0 Å². The number of imidazole rings is 1. The van der Waals surface area contributed by atoms with Crippen LogP contribution in [0.2, 0.25) is 5.02 Å². The van der Waals surface area contributed by atoms with E-state index in [1.165, 1.54) is 0 Å². The van der Waals surface area contributed by atoms with E-state index >= 15 is 0 Å². The second-order valence-corrected chi connectivity index (χ2v) is 7.73. The van der Waals surface area contributed by atoms with Crippen molar-refractivity contribution in [1.82, 2.24) is 24.3 Å². The lowest BCUT2D eigenvalue weighted by Gasteiger charge is -2.40. The fraction of sp³-hybridized carbons (Fsp3) is 0.368. The third-order valence-corrected chi connectivity index (χ3v) is 5.65. The molecular formula is C19H20ClN7O. The number of anilines is 1. The van der Waals surface area contributed by atoms with Gasteiger partial charge in [-0.15, -0.1) is 0 Å². The monoisotopic (exact) mass is 397 g/mol. The maximum absolute atomic E-state index is 12.0. The molecule has 0 unspecified atom stereocenters. The van der Waals surface area contributed by atoms with Gasteiger partial charge < -0.3 is 10.6 Å². The fourth-order valence-corrected chi connectivity index (χ4v) is 4.03. The maximum Gasteiger partial charge on any atom is 0.236 e. The van der Waals surface area contributed by atoms with Gasteiger partial charge >= 0.3 is 0 Å². The second-order valence-electron chi connectivity index (χ2n) is 7.29. The lowest BCUT2D eigenvalue weighted by Crippen LogP contribution is -2.59. The first-order chi connectivity index (χ1) is 13.6. The van der Waals surface area contributed by atoms with Crippen molar-refractivity contribution >= 4 is 29.0 Å². The van der Waals surface area contributed by atoms with Gasteiger partial charge in [-0.3, -0.25) is 14.1 Å². The second kappa shape index (κ2) is 6.72. The number of nitrogens with two attached hydrogens (primary N) is 1. The third-order valence-electron chi connectivity index (χ3n) is 5.43. The van der Waals surface area contributed by atoms with Gasteiger partial charge in [0, 0.05) is 38.1 Å². The Morgan fingerprint density at radius 1 is 1.18 bits per heavy atom. The number of piperazine rings is 1. The summed E-state index contributed by atoms with van der Waals surface area (Å²) in [5, 5.41) is 0.614. The standard InChI is InChI=1S/C19H20ClN7O/c20-12-1-4-16-23-9-14(27(16)10-12)19-22-6-5-17(24-19)25-7-8-26(13-2-3-13)15(11-25)18(21)28/h1,4-6,9-10,13,15H,2-3,7-8,11H2,(H2,21,28)/t15-/m1/s1. The van der Waals surface area contributed by atoms with E-state index in [-0.39, 0.29) is 11.9 Å². The molecule has 0 bridgehead atoms. The van der Waals surface area contributed by atoms with Crippen molar-refractivity contribution in [2.75, 3.05) is 24.5 Å². The van der Waals surface area contributed by atoms with Crippen molar-refractivity contribution in [3.8, 4) is 11.5 Å². The van der Waals surface area contributed by atoms with Crippen molar-refractivity contribution < 1.29 is 4.79 Å². The Bertz CT molecular complexity index is 1050. The van der Waals surface area contributed by atoms with E-state index in [2.05, 4.69) is 19.8 Å². The molecule has 2 aliphatic rings. The van der Waals surface area contributed by atoms with Crippen LogP contribution in [0.1, 0.15) is 12.8 Å². The first-order valence-electron chi connectivity index (χ1n) is 9.36. The SMILES string of the molecule is NC(=O)[C@H]1CN(c2ccnc(-c3cnc4ccc(Cl)cn34)n2)CCN1C1CC1. The molecule has 1 saturated carbocycles. The molecule has 144 valence electrons. The molecule has 2 fully saturated rings. The molecule has 4 heterocycles. The quantitative estimate of drug-likeness (QED) is 0.718. The van der Waals surface area contributed by atoms with Gasteiger partial charge in [-0.1, -0.05) is 11.6 Å². The molecule has 1 atom stereocenters. The number of primary amides is 1. The highest BCUT2D eigenvalue weighted by Gasteiger charge is 2.40. The summed E-state index contributed by atoms with van der Waals surface area (Å²) in [5.41, 5.74) is 7.23. The Kier molecular flexibility index (Phi) is 4.17. The van der Waals surface area contributed by atoms with Gasteiger partial charge in [0.25, 0.3) is 0 Å². The van der Waals surface area contributed by atoms with E-state index < -0.39 is 0 Å². The van der Waals surface area contributed by atoms with Crippen LogP contribution in [0.25, 0.3) is 17.2 Å². The first kappa shape index (κ1) is 17.4. The average Bonchev–Trinajstić information content (AvgIpc) is 3.47. The zero-order chi connectivity index (χ0) is 19.3. The summed E-state index contributed by atoms with van der Waals surface area (Å²) < 4.78 is 1.87. The van der Waals surface area contributed by atoms with Gasteiger partial charge in [0.05, 0.1) is 11.2 Å². The van der Waals surface area contributed by atoms with Crippen molar-refractivity contribution in [2.24, 2.45) is 5.73 Å². The van der Waals surface area contributed by atoms with Crippen LogP contribution >= 0.6 is 11.6 Å². The predicted octanol–water partition coefficient (Wildman–Crippen LogP) is 1.58. The molecule has 5 rings (SSSR count). The summed E-state index contributed by atoms with van der Waals surface area (Å²) in [6.45, 7) is 2.15. The van der Waals surface area contributed by atoms with Gasteiger partial charge in [-0.05, 0) is 31.0 Å². The number of nitrogens with zero attached hydrogens (tertiary/aromatic N) is 6. The minimum absolute atomic E-state index is 0.276. The molecule has 2 N–H and O–H groups in total. The largest absolute Gasteiger partial charge is 0.368 e. The van der Waals surface area contributed by atoms with Gasteiger partial charge in [0.1, 0.15) is 23.2 Å². The van der Waals surface area contributed by atoms with Crippen LogP contribution in [0, 0.1) is 0 Å². The minimum atomic E-state index is -0.283. The molecular weight excluding hydrogens is 378 g/mol. The molecule has 28 heavy (non-hydrogen) atoms. The van der Waals surface area contributed by atoms with Crippen molar-refractivity contribution in [2.45, 2.75) is 24.9 Å². The molecule has 1 aliphatic heterocycles. The number of pyridine rings is 1. The molecule has 1 aliphatic carbocycles. The molecule has 0 radical (unpaired) electrons. The summed E-state index contributed by atoms with van der Waals surface area (Å²) in [6.07, 6.45) is 7.57. The number of hydrogen-bond donors (Lipinski definition) is 1. The Labute approximate surface area is 166 Å². The summed E-state index contributed by atoms with van der Waals surface area (Å²) in [7, 11) is 0. The normalized spacial score (nSPS) is 20.6. The first-order valence-corrected chi connectivity index (χ1v) is 9.74. The van der Waals surface area contributed by atoms with Crippen LogP contribution in [0.15, 0.2) is 36.8 Å². The van der Waals surface area contributed by atoms with Crippen molar-refractivity contribution in [1.29, 1.82) is 0 Å². The number of carbonyl (C=O) groups is 1. The number of carbonyl (C=O) groups excluding carboxylic acids is 1. The maximum atomic E-state index is 12.0. The van der Waals surface area contributed by atoms with E-state index in [1.807, 2.05) is 16.5 Å². The predicted molar refractivity (Wildman–Crippen MR) is 106 cm³/mol. The van der Waals surface area contributed by atoms with E-state index in [9.17, 15) is 4.79 Å². The smallest absolute Gasteiger partial charge is 0.236 e. The highest BCUT2D eigenvalue weighted by molar-refractivity contribution is 6.30. The van der Waals surface area contributed by atoms with Crippen LogP contribution in [0.3, 0.4) is 0 Å². The van der Waals surface area contributed by atoms with Gasteiger partial charge in [-0.25, -0.2) is 15.0 Å². The van der Waals surface area contributed by atoms with E-state index in [4.69, 9.17) is 22.3 Å². The van der Waals surface area contributed by atoms with Crippen molar-refractivity contribution in [3.05, 3.63) is 41.8 Å². The molecule has 0 spiro atoms. The van der Waals surface area contributed by atoms with Gasteiger partial charge in [-0.2, -0.15) is 0 Å². The van der Waals surface area contributed by atoms with Gasteiger partial charge in [0.15, 0.2) is 5.82 Å². The Balaban J connectivity index is 1.45. The van der Waals surface area contributed by atoms with Crippen LogP contribution in [0.4, 0.5) is 5.82 Å². The lowest BCUT2D eigenvalue weighted by molar-refractivity contribution is -0.123. The van der Waals surface area contributed by atoms with E-state index in [0.29, 0.717) is 23.4 Å². The topological polar surface area (TPSA) is 92.7 Å². The number of hydrogen-bond acceptors (Lipinski definition) is 6. The minimum Gasteiger partial charge on any atom is -0.368 e. The average molecular weight is 398 g/mol. The van der Waals surface area contributed by atoms with E-state index in [0.717, 1.165) is 43.1 Å². The number of aromatic nitrogens is 4. The molecule has 3 aromatic rings.